The average Bonchev–Trinajstić information content (AvgIpc) is 3.83. The van der Waals surface area contributed by atoms with E-state index in [1.807, 2.05) is 0 Å². The predicted molar refractivity (Wildman–Crippen MR) is 215 cm³/mol. The molecule has 3 nitrogen and oxygen atoms in total. The molecule has 3 heteroatoms. The van der Waals surface area contributed by atoms with Crippen LogP contribution in [0, 0.1) is 0 Å². The van der Waals surface area contributed by atoms with Crippen LogP contribution >= 0.6 is 0 Å². The van der Waals surface area contributed by atoms with Crippen molar-refractivity contribution < 1.29 is 0 Å². The van der Waals surface area contributed by atoms with Crippen LogP contribution in [0.1, 0.15) is 0 Å². The maximum Gasteiger partial charge on any atom is 0.0627 e. The molecule has 0 atom stereocenters. The quantitative estimate of drug-likeness (QED) is 0.180. The smallest absolute Gasteiger partial charge is 0.0627 e. The molecule has 11 rings (SSSR count). The van der Waals surface area contributed by atoms with Crippen LogP contribution in [-0.4, -0.2) is 13.7 Å². The average molecular weight is 650 g/mol. The minimum absolute atomic E-state index is 1.15. The maximum atomic E-state index is 2.48. The van der Waals surface area contributed by atoms with Gasteiger partial charge in [0, 0.05) is 54.9 Å². The van der Waals surface area contributed by atoms with Crippen molar-refractivity contribution in [2.45, 2.75) is 0 Å². The Morgan fingerprint density at radius 3 is 1.31 bits per heavy atom. The highest BCUT2D eigenvalue weighted by Crippen LogP contribution is 2.47. The predicted octanol–water partition coefficient (Wildman–Crippen LogP) is 12.6. The molecule has 0 N–H and O–H groups in total. The molecular weight excluding hydrogens is 619 g/mol. The first-order valence-electron chi connectivity index (χ1n) is 17.5. The molecule has 0 spiro atoms. The summed E-state index contributed by atoms with van der Waals surface area (Å²) in [6.45, 7) is 0. The zero-order chi connectivity index (χ0) is 33.5. The van der Waals surface area contributed by atoms with Crippen LogP contribution in [0.25, 0.3) is 93.6 Å². The van der Waals surface area contributed by atoms with Gasteiger partial charge in [-0.25, -0.2) is 0 Å². The molecule has 0 aliphatic heterocycles. The van der Waals surface area contributed by atoms with Crippen molar-refractivity contribution >= 4 is 65.4 Å². The molecular formula is C48H31N3. The van der Waals surface area contributed by atoms with Crippen molar-refractivity contribution in [1.29, 1.82) is 0 Å². The second-order valence-corrected chi connectivity index (χ2v) is 13.3. The molecule has 0 saturated heterocycles. The molecule has 0 aliphatic carbocycles. The molecule has 8 aromatic carbocycles. The number of rotatable bonds is 4. The highest BCUT2D eigenvalue weighted by molar-refractivity contribution is 6.27. The summed E-state index contributed by atoms with van der Waals surface area (Å²) < 4.78 is 7.32. The molecule has 0 aliphatic rings. The minimum Gasteiger partial charge on any atom is -0.309 e. The number of nitrogens with zero attached hydrogens (tertiary/aromatic N) is 3. The molecule has 0 bridgehead atoms. The molecule has 0 amide bonds. The molecule has 51 heavy (non-hydrogen) atoms. The van der Waals surface area contributed by atoms with Crippen LogP contribution in [-0.2, 0) is 0 Å². The third-order valence-corrected chi connectivity index (χ3v) is 10.6. The molecule has 0 fully saturated rings. The van der Waals surface area contributed by atoms with Gasteiger partial charge in [-0.15, -0.1) is 0 Å². The zero-order valence-corrected chi connectivity index (χ0v) is 27.7. The first kappa shape index (κ1) is 28.0. The number of para-hydroxylation sites is 6. The van der Waals surface area contributed by atoms with E-state index in [1.54, 1.807) is 0 Å². The summed E-state index contributed by atoms with van der Waals surface area (Å²) in [5, 5.41) is 7.47. The Morgan fingerprint density at radius 1 is 0.275 bits per heavy atom. The Bertz CT molecular complexity index is 3100. The Morgan fingerprint density at radius 2 is 0.706 bits per heavy atom. The van der Waals surface area contributed by atoms with Crippen LogP contribution in [0.2, 0.25) is 0 Å². The van der Waals surface area contributed by atoms with Crippen LogP contribution < -0.4 is 0 Å². The zero-order valence-electron chi connectivity index (χ0n) is 27.7. The summed E-state index contributed by atoms with van der Waals surface area (Å²) >= 11 is 0. The van der Waals surface area contributed by atoms with Gasteiger partial charge in [0.2, 0.25) is 0 Å². The Kier molecular flexibility index (Phi) is 5.96. The lowest BCUT2D eigenvalue weighted by Gasteiger charge is -2.15. The van der Waals surface area contributed by atoms with Gasteiger partial charge in [0.25, 0.3) is 0 Å². The van der Waals surface area contributed by atoms with E-state index in [9.17, 15) is 0 Å². The largest absolute Gasteiger partial charge is 0.309 e. The summed E-state index contributed by atoms with van der Waals surface area (Å²) in [4.78, 5) is 0. The first-order chi connectivity index (χ1) is 25.3. The SMILES string of the molecule is c1ccc(-n2c3ccccc3c3cc(-c4c5c6ccccc6n(-c6ccccc6)c5cc5c6ccccc6n(-c6ccccc6)c45)ccc32)cc1. The monoisotopic (exact) mass is 649 g/mol. The lowest BCUT2D eigenvalue weighted by atomic mass is 9.94. The molecule has 3 aromatic heterocycles. The lowest BCUT2D eigenvalue weighted by Crippen LogP contribution is -1.97. The van der Waals surface area contributed by atoms with Crippen LogP contribution in [0.5, 0.6) is 0 Å². The Hall–Kier alpha value is -6.84. The summed E-state index contributed by atoms with van der Waals surface area (Å²) in [5.41, 5.74) is 13.1. The van der Waals surface area contributed by atoms with E-state index in [4.69, 9.17) is 0 Å². The number of benzene rings is 8. The van der Waals surface area contributed by atoms with Gasteiger partial charge in [-0.3, -0.25) is 0 Å². The van der Waals surface area contributed by atoms with Crippen molar-refractivity contribution in [3.05, 3.63) is 188 Å². The van der Waals surface area contributed by atoms with Gasteiger partial charge in [0.15, 0.2) is 0 Å². The van der Waals surface area contributed by atoms with E-state index >= 15 is 0 Å². The number of hydrogen-bond donors (Lipinski definition) is 0. The highest BCUT2D eigenvalue weighted by Gasteiger charge is 2.25. The number of aromatic nitrogens is 3. The van der Waals surface area contributed by atoms with E-state index in [1.165, 1.54) is 76.5 Å². The fraction of sp³-hybridized carbons (Fsp3) is 0. The molecule has 0 saturated carbocycles. The van der Waals surface area contributed by atoms with Gasteiger partial charge in [0.1, 0.15) is 0 Å². The third-order valence-electron chi connectivity index (χ3n) is 10.6. The summed E-state index contributed by atoms with van der Waals surface area (Å²) in [6.07, 6.45) is 0. The molecule has 11 aromatic rings. The van der Waals surface area contributed by atoms with Gasteiger partial charge >= 0.3 is 0 Å². The van der Waals surface area contributed by atoms with Crippen LogP contribution in [0.3, 0.4) is 0 Å². The van der Waals surface area contributed by atoms with Crippen molar-refractivity contribution in [3.8, 4) is 28.2 Å². The van der Waals surface area contributed by atoms with Crippen molar-refractivity contribution in [2.75, 3.05) is 0 Å². The third kappa shape index (κ3) is 4.00. The summed E-state index contributed by atoms with van der Waals surface area (Å²) in [6, 6.07) is 68.4. The maximum absolute atomic E-state index is 2.48. The molecule has 0 radical (unpaired) electrons. The molecule has 0 unspecified atom stereocenters. The minimum atomic E-state index is 1.15. The van der Waals surface area contributed by atoms with E-state index in [-0.39, 0.29) is 0 Å². The van der Waals surface area contributed by atoms with Gasteiger partial charge < -0.3 is 13.7 Å². The van der Waals surface area contributed by atoms with Gasteiger partial charge in [-0.05, 0) is 78.4 Å². The van der Waals surface area contributed by atoms with Crippen molar-refractivity contribution in [1.82, 2.24) is 13.7 Å². The van der Waals surface area contributed by atoms with E-state index in [2.05, 4.69) is 202 Å². The topological polar surface area (TPSA) is 14.8 Å². The molecule has 238 valence electrons. The van der Waals surface area contributed by atoms with E-state index in [0.29, 0.717) is 0 Å². The fourth-order valence-corrected chi connectivity index (χ4v) is 8.54. The van der Waals surface area contributed by atoms with Crippen molar-refractivity contribution in [3.63, 3.8) is 0 Å². The second kappa shape index (κ2) is 10.8. The molecule has 3 heterocycles. The Labute approximate surface area is 294 Å². The van der Waals surface area contributed by atoms with E-state index < -0.39 is 0 Å². The summed E-state index contributed by atoms with van der Waals surface area (Å²) in [7, 11) is 0. The summed E-state index contributed by atoms with van der Waals surface area (Å²) in [5.74, 6) is 0. The number of fused-ring (bicyclic) bond motifs is 9. The normalized spacial score (nSPS) is 11.9. The standard InChI is InChI=1S/C48H31N3/c1-4-16-33(17-5-1)49-41-25-13-10-22-36(41)39-30-32(28-29-44(39)49)46-47-38-24-12-15-27-43(38)50(34-18-6-2-7-19-34)45(47)31-40-37-23-11-14-26-42(37)51(48(40)46)35-20-8-3-9-21-35/h1-31H. The first-order valence-corrected chi connectivity index (χ1v) is 17.5. The lowest BCUT2D eigenvalue weighted by molar-refractivity contribution is 1.17. The Balaban J connectivity index is 1.37. The van der Waals surface area contributed by atoms with Crippen LogP contribution in [0.4, 0.5) is 0 Å². The van der Waals surface area contributed by atoms with Crippen molar-refractivity contribution in [2.24, 2.45) is 0 Å². The van der Waals surface area contributed by atoms with Crippen LogP contribution in [0.15, 0.2) is 188 Å². The van der Waals surface area contributed by atoms with Gasteiger partial charge in [0.05, 0.1) is 33.1 Å². The number of hydrogen-bond acceptors (Lipinski definition) is 0. The second-order valence-electron chi connectivity index (χ2n) is 13.3. The van der Waals surface area contributed by atoms with Gasteiger partial charge in [-0.1, -0.05) is 115 Å². The van der Waals surface area contributed by atoms with Gasteiger partial charge in [-0.2, -0.15) is 0 Å². The van der Waals surface area contributed by atoms with E-state index in [0.717, 1.165) is 17.1 Å². The fourth-order valence-electron chi connectivity index (χ4n) is 8.54. The highest BCUT2D eigenvalue weighted by atomic mass is 15.0.